The molecule has 23 heavy (non-hydrogen) atoms. The van der Waals surface area contributed by atoms with Crippen LogP contribution in [0.2, 0.25) is 19.1 Å². The molecule has 0 heterocycles. The lowest BCUT2D eigenvalue weighted by Crippen LogP contribution is -2.42. The predicted molar refractivity (Wildman–Crippen MR) is 104 cm³/mol. The number of fused-ring (bicyclic) bond motifs is 1. The van der Waals surface area contributed by atoms with E-state index in [1.54, 1.807) is 5.19 Å². The summed E-state index contributed by atoms with van der Waals surface area (Å²) in [6, 6.07) is 16.9. The molecule has 1 atom stereocenters. The van der Waals surface area contributed by atoms with Crippen molar-refractivity contribution in [2.24, 2.45) is 0 Å². The van der Waals surface area contributed by atoms with Crippen LogP contribution >= 0.6 is 0 Å². The maximum absolute atomic E-state index is 6.58. The van der Waals surface area contributed by atoms with Gasteiger partial charge in [0.2, 0.25) is 0 Å². The summed E-state index contributed by atoms with van der Waals surface area (Å²) in [7, 11) is -1.44. The summed E-state index contributed by atoms with van der Waals surface area (Å²) >= 11 is 0. The molecule has 1 aliphatic rings. The SMILES string of the molecule is CC(C[Si](C)(C)c1ccccc1)c1ccc2c(c1N)CCCC2. The number of rotatable bonds is 4. The molecule has 2 aromatic carbocycles. The van der Waals surface area contributed by atoms with Crippen molar-refractivity contribution in [3.05, 3.63) is 59.2 Å². The van der Waals surface area contributed by atoms with Crippen molar-refractivity contribution in [2.45, 2.75) is 57.7 Å². The van der Waals surface area contributed by atoms with Gasteiger partial charge in [-0.15, -0.1) is 0 Å². The van der Waals surface area contributed by atoms with Gasteiger partial charge in [-0.1, -0.05) is 67.7 Å². The Morgan fingerprint density at radius 3 is 2.43 bits per heavy atom. The third kappa shape index (κ3) is 3.37. The Balaban J connectivity index is 1.85. The molecule has 1 nitrogen and oxygen atoms in total. The minimum Gasteiger partial charge on any atom is -0.398 e. The Morgan fingerprint density at radius 2 is 1.70 bits per heavy atom. The zero-order valence-corrected chi connectivity index (χ0v) is 15.7. The average Bonchev–Trinajstić information content (AvgIpc) is 2.56. The zero-order chi connectivity index (χ0) is 16.4. The topological polar surface area (TPSA) is 26.0 Å². The standard InChI is InChI=1S/C21H29NSi/c1-16(15-23(2,3)18-10-5-4-6-11-18)19-14-13-17-9-7-8-12-20(17)21(19)22/h4-6,10-11,13-14,16H,7-9,12,15,22H2,1-3H3. The van der Waals surface area contributed by atoms with Crippen LogP contribution in [-0.2, 0) is 12.8 Å². The van der Waals surface area contributed by atoms with E-state index in [0.717, 1.165) is 5.69 Å². The van der Waals surface area contributed by atoms with Gasteiger partial charge in [0.25, 0.3) is 0 Å². The van der Waals surface area contributed by atoms with Crippen LogP contribution < -0.4 is 10.9 Å². The van der Waals surface area contributed by atoms with Crippen LogP contribution in [0.3, 0.4) is 0 Å². The van der Waals surface area contributed by atoms with Crippen molar-refractivity contribution in [2.75, 3.05) is 5.73 Å². The third-order valence-electron chi connectivity index (χ3n) is 5.51. The highest BCUT2D eigenvalue weighted by Gasteiger charge is 2.27. The van der Waals surface area contributed by atoms with E-state index in [1.165, 1.54) is 48.4 Å². The number of hydrogen-bond donors (Lipinski definition) is 1. The minimum absolute atomic E-state index is 0.532. The summed E-state index contributed by atoms with van der Waals surface area (Å²) in [5, 5.41) is 1.54. The van der Waals surface area contributed by atoms with Gasteiger partial charge in [0.05, 0.1) is 8.07 Å². The maximum Gasteiger partial charge on any atom is 0.0812 e. The second kappa shape index (κ2) is 6.52. The Morgan fingerprint density at radius 1 is 1.00 bits per heavy atom. The van der Waals surface area contributed by atoms with E-state index < -0.39 is 8.07 Å². The molecule has 0 saturated carbocycles. The second-order valence-electron chi connectivity index (χ2n) is 7.77. The van der Waals surface area contributed by atoms with Gasteiger partial charge in [0, 0.05) is 5.69 Å². The van der Waals surface area contributed by atoms with E-state index >= 15 is 0 Å². The lowest BCUT2D eigenvalue weighted by molar-refractivity contribution is 0.684. The van der Waals surface area contributed by atoms with Crippen molar-refractivity contribution in [1.82, 2.24) is 0 Å². The van der Waals surface area contributed by atoms with Crippen LogP contribution in [0.5, 0.6) is 0 Å². The molecule has 0 saturated heterocycles. The first-order chi connectivity index (χ1) is 11.0. The quantitative estimate of drug-likeness (QED) is 0.630. The molecule has 2 N–H and O–H groups in total. The van der Waals surface area contributed by atoms with Crippen molar-refractivity contribution >= 4 is 18.9 Å². The van der Waals surface area contributed by atoms with Crippen LogP contribution in [-0.4, -0.2) is 8.07 Å². The van der Waals surface area contributed by atoms with Crippen LogP contribution in [0.15, 0.2) is 42.5 Å². The molecule has 122 valence electrons. The maximum atomic E-state index is 6.58. The number of hydrogen-bond acceptors (Lipinski definition) is 1. The number of aryl methyl sites for hydroxylation is 1. The van der Waals surface area contributed by atoms with Crippen molar-refractivity contribution in [3.63, 3.8) is 0 Å². The average molecular weight is 324 g/mol. The Hall–Kier alpha value is -1.54. The lowest BCUT2D eigenvalue weighted by atomic mass is 9.86. The smallest absolute Gasteiger partial charge is 0.0812 e. The zero-order valence-electron chi connectivity index (χ0n) is 14.7. The van der Waals surface area contributed by atoms with E-state index in [2.05, 4.69) is 62.5 Å². The van der Waals surface area contributed by atoms with Gasteiger partial charge in [0.1, 0.15) is 0 Å². The first-order valence-corrected chi connectivity index (χ1v) is 12.2. The molecule has 0 radical (unpaired) electrons. The molecule has 0 spiro atoms. The Bertz CT molecular complexity index is 676. The molecule has 0 bridgehead atoms. The Kier molecular flexibility index (Phi) is 4.63. The van der Waals surface area contributed by atoms with E-state index in [-0.39, 0.29) is 0 Å². The van der Waals surface area contributed by atoms with Crippen LogP contribution in [0.25, 0.3) is 0 Å². The molecule has 1 aliphatic carbocycles. The molecule has 3 rings (SSSR count). The van der Waals surface area contributed by atoms with Crippen LogP contribution in [0, 0.1) is 0 Å². The second-order valence-corrected chi connectivity index (χ2v) is 12.5. The van der Waals surface area contributed by atoms with Gasteiger partial charge in [-0.25, -0.2) is 0 Å². The predicted octanol–water partition coefficient (Wildman–Crippen LogP) is 4.87. The fraction of sp³-hybridized carbons (Fsp3) is 0.429. The Labute approximate surface area is 141 Å². The van der Waals surface area contributed by atoms with Gasteiger partial charge in [-0.05, 0) is 54.3 Å². The van der Waals surface area contributed by atoms with Gasteiger partial charge >= 0.3 is 0 Å². The molecule has 2 heteroatoms. The van der Waals surface area contributed by atoms with E-state index in [1.807, 2.05) is 0 Å². The molecule has 0 aromatic heterocycles. The van der Waals surface area contributed by atoms with Gasteiger partial charge in [-0.3, -0.25) is 0 Å². The molecule has 0 aliphatic heterocycles. The lowest BCUT2D eigenvalue weighted by Gasteiger charge is -2.29. The fourth-order valence-corrected chi connectivity index (χ4v) is 7.27. The minimum atomic E-state index is -1.44. The highest BCUT2D eigenvalue weighted by Crippen LogP contribution is 2.35. The number of benzene rings is 2. The summed E-state index contributed by atoms with van der Waals surface area (Å²) in [6.45, 7) is 7.32. The number of nitrogens with two attached hydrogens (primary N) is 1. The fourth-order valence-electron chi connectivity index (χ4n) is 4.19. The van der Waals surface area contributed by atoms with E-state index in [0.29, 0.717) is 5.92 Å². The van der Waals surface area contributed by atoms with Gasteiger partial charge < -0.3 is 5.73 Å². The first-order valence-electron chi connectivity index (χ1n) is 8.94. The molecule has 0 amide bonds. The summed E-state index contributed by atoms with van der Waals surface area (Å²) < 4.78 is 0. The van der Waals surface area contributed by atoms with Gasteiger partial charge in [-0.2, -0.15) is 0 Å². The number of anilines is 1. The summed E-state index contributed by atoms with van der Waals surface area (Å²) in [5.41, 5.74) is 12.0. The normalized spacial score (nSPS) is 16.0. The molecular weight excluding hydrogens is 294 g/mol. The summed E-state index contributed by atoms with van der Waals surface area (Å²) in [6.07, 6.45) is 4.98. The van der Waals surface area contributed by atoms with Crippen LogP contribution in [0.1, 0.15) is 42.4 Å². The van der Waals surface area contributed by atoms with Gasteiger partial charge in [0.15, 0.2) is 0 Å². The van der Waals surface area contributed by atoms with E-state index in [4.69, 9.17) is 5.73 Å². The van der Waals surface area contributed by atoms with E-state index in [9.17, 15) is 0 Å². The monoisotopic (exact) mass is 323 g/mol. The van der Waals surface area contributed by atoms with Crippen molar-refractivity contribution in [3.8, 4) is 0 Å². The molecule has 2 aromatic rings. The number of nitrogen functional groups attached to an aromatic ring is 1. The molecular formula is C21H29NSi. The highest BCUT2D eigenvalue weighted by molar-refractivity contribution is 6.89. The summed E-state index contributed by atoms with van der Waals surface area (Å²) in [5.74, 6) is 0.532. The van der Waals surface area contributed by atoms with Crippen molar-refractivity contribution < 1.29 is 0 Å². The summed E-state index contributed by atoms with van der Waals surface area (Å²) in [4.78, 5) is 0. The van der Waals surface area contributed by atoms with Crippen LogP contribution in [0.4, 0.5) is 5.69 Å². The third-order valence-corrected chi connectivity index (χ3v) is 9.04. The highest BCUT2D eigenvalue weighted by atomic mass is 28.3. The largest absolute Gasteiger partial charge is 0.398 e. The first kappa shape index (κ1) is 16.3. The molecule has 1 unspecified atom stereocenters. The van der Waals surface area contributed by atoms with Crippen molar-refractivity contribution in [1.29, 1.82) is 0 Å². The molecule has 0 fully saturated rings.